The van der Waals surface area contributed by atoms with Crippen molar-refractivity contribution in [3.05, 3.63) is 68.7 Å². The lowest BCUT2D eigenvalue weighted by atomic mass is 9.99. The van der Waals surface area contributed by atoms with Crippen molar-refractivity contribution in [2.24, 2.45) is 5.84 Å². The van der Waals surface area contributed by atoms with Crippen molar-refractivity contribution in [1.82, 2.24) is 5.43 Å². The Morgan fingerprint density at radius 3 is 2.65 bits per heavy atom. The quantitative estimate of drug-likeness (QED) is 0.635. The Kier molecular flexibility index (Phi) is 5.10. The maximum atomic E-state index is 13.9. The zero-order valence-corrected chi connectivity index (χ0v) is 12.7. The van der Waals surface area contributed by atoms with Crippen molar-refractivity contribution in [1.29, 1.82) is 0 Å². The third kappa shape index (κ3) is 3.35. The third-order valence-electron chi connectivity index (χ3n) is 2.99. The Bertz CT molecular complexity index is 622. The molecular weight excluding hydrogens is 350 g/mol. The summed E-state index contributed by atoms with van der Waals surface area (Å²) in [7, 11) is 0. The van der Waals surface area contributed by atoms with E-state index in [2.05, 4.69) is 21.4 Å². The lowest BCUT2D eigenvalue weighted by molar-refractivity contribution is 0.509. The highest BCUT2D eigenvalue weighted by Gasteiger charge is 2.17. The standard InChI is InChI=1S/C14H12BrClF2N2/c15-9-4-5-11(17)10(7-9)13(20-19)6-8-2-1-3-12(18)14(8)16/h1-5,7,13,20H,6,19H2. The molecule has 0 aliphatic rings. The first-order valence-corrected chi connectivity index (χ1v) is 7.04. The molecule has 6 heteroatoms. The maximum absolute atomic E-state index is 13.9. The fraction of sp³-hybridized carbons (Fsp3) is 0.143. The van der Waals surface area contributed by atoms with E-state index in [1.807, 2.05) is 0 Å². The van der Waals surface area contributed by atoms with Gasteiger partial charge < -0.3 is 0 Å². The normalized spacial score (nSPS) is 12.4. The van der Waals surface area contributed by atoms with Gasteiger partial charge in [0.05, 0.1) is 11.1 Å². The van der Waals surface area contributed by atoms with Gasteiger partial charge in [0.2, 0.25) is 0 Å². The molecule has 0 saturated heterocycles. The second kappa shape index (κ2) is 6.63. The molecule has 2 aromatic rings. The van der Waals surface area contributed by atoms with E-state index in [0.29, 0.717) is 11.1 Å². The van der Waals surface area contributed by atoms with E-state index >= 15 is 0 Å². The van der Waals surface area contributed by atoms with Crippen LogP contribution in [0, 0.1) is 11.6 Å². The summed E-state index contributed by atoms with van der Waals surface area (Å²) in [6.45, 7) is 0. The second-order valence-corrected chi connectivity index (χ2v) is 5.60. The molecule has 0 saturated carbocycles. The van der Waals surface area contributed by atoms with E-state index in [-0.39, 0.29) is 17.3 Å². The van der Waals surface area contributed by atoms with Crippen molar-refractivity contribution in [3.63, 3.8) is 0 Å². The van der Waals surface area contributed by atoms with Gasteiger partial charge in [-0.15, -0.1) is 0 Å². The average molecular weight is 362 g/mol. The van der Waals surface area contributed by atoms with Crippen LogP contribution in [0.4, 0.5) is 8.78 Å². The molecule has 0 aromatic heterocycles. The van der Waals surface area contributed by atoms with Crippen LogP contribution in [-0.4, -0.2) is 0 Å². The highest BCUT2D eigenvalue weighted by molar-refractivity contribution is 9.10. The molecule has 0 amide bonds. The number of nitrogens with one attached hydrogen (secondary N) is 1. The highest BCUT2D eigenvalue weighted by Crippen LogP contribution is 2.28. The highest BCUT2D eigenvalue weighted by atomic mass is 79.9. The van der Waals surface area contributed by atoms with Gasteiger partial charge in [-0.3, -0.25) is 11.3 Å². The summed E-state index contributed by atoms with van der Waals surface area (Å²) >= 11 is 9.19. The van der Waals surface area contributed by atoms with E-state index in [4.69, 9.17) is 17.4 Å². The van der Waals surface area contributed by atoms with Gasteiger partial charge in [0.1, 0.15) is 11.6 Å². The van der Waals surface area contributed by atoms with Gasteiger partial charge in [-0.25, -0.2) is 8.78 Å². The molecule has 0 fully saturated rings. The topological polar surface area (TPSA) is 38.0 Å². The maximum Gasteiger partial charge on any atom is 0.142 e. The van der Waals surface area contributed by atoms with Crippen LogP contribution in [0.2, 0.25) is 5.02 Å². The summed E-state index contributed by atoms with van der Waals surface area (Å²) in [6.07, 6.45) is 0.278. The molecule has 0 spiro atoms. The monoisotopic (exact) mass is 360 g/mol. The van der Waals surface area contributed by atoms with Crippen molar-refractivity contribution < 1.29 is 8.78 Å². The molecule has 3 N–H and O–H groups in total. The van der Waals surface area contributed by atoms with Crippen LogP contribution < -0.4 is 11.3 Å². The van der Waals surface area contributed by atoms with Gasteiger partial charge in [0.15, 0.2) is 0 Å². The van der Waals surface area contributed by atoms with Gasteiger partial charge >= 0.3 is 0 Å². The van der Waals surface area contributed by atoms with E-state index in [1.165, 1.54) is 12.1 Å². The second-order valence-electron chi connectivity index (χ2n) is 4.30. The van der Waals surface area contributed by atoms with Gasteiger partial charge in [-0.2, -0.15) is 0 Å². The first kappa shape index (κ1) is 15.4. The third-order valence-corrected chi connectivity index (χ3v) is 3.91. The van der Waals surface area contributed by atoms with Crippen LogP contribution in [0.5, 0.6) is 0 Å². The number of hydrogen-bond acceptors (Lipinski definition) is 2. The molecule has 2 aromatic carbocycles. The number of hydrogen-bond donors (Lipinski definition) is 2. The number of benzene rings is 2. The Morgan fingerprint density at radius 1 is 1.20 bits per heavy atom. The first-order chi connectivity index (χ1) is 9.52. The fourth-order valence-electron chi connectivity index (χ4n) is 1.97. The van der Waals surface area contributed by atoms with Gasteiger partial charge in [0, 0.05) is 10.0 Å². The van der Waals surface area contributed by atoms with Gasteiger partial charge in [-0.1, -0.05) is 39.7 Å². The minimum atomic E-state index is -0.508. The van der Waals surface area contributed by atoms with Crippen molar-refractivity contribution >= 4 is 27.5 Å². The predicted octanol–water partition coefficient (Wildman–Crippen LogP) is 4.13. The van der Waals surface area contributed by atoms with Crippen LogP contribution in [0.15, 0.2) is 40.9 Å². The molecule has 0 aliphatic heterocycles. The van der Waals surface area contributed by atoms with Crippen LogP contribution in [0.25, 0.3) is 0 Å². The number of halogens is 4. The molecule has 106 valence electrons. The molecule has 0 heterocycles. The Morgan fingerprint density at radius 2 is 1.95 bits per heavy atom. The van der Waals surface area contributed by atoms with Crippen LogP contribution >= 0.6 is 27.5 Å². The van der Waals surface area contributed by atoms with Crippen molar-refractivity contribution in [2.45, 2.75) is 12.5 Å². The van der Waals surface area contributed by atoms with E-state index in [1.54, 1.807) is 24.3 Å². The minimum Gasteiger partial charge on any atom is -0.271 e. The summed E-state index contributed by atoms with van der Waals surface area (Å²) in [6, 6.07) is 8.58. The summed E-state index contributed by atoms with van der Waals surface area (Å²) in [5.74, 6) is 4.60. The largest absolute Gasteiger partial charge is 0.271 e. The lowest BCUT2D eigenvalue weighted by Gasteiger charge is -2.18. The molecule has 1 atom stereocenters. The molecule has 0 aliphatic carbocycles. The number of nitrogens with two attached hydrogens (primary N) is 1. The first-order valence-electron chi connectivity index (χ1n) is 5.87. The SMILES string of the molecule is NNC(Cc1cccc(F)c1Cl)c1cc(Br)ccc1F. The van der Waals surface area contributed by atoms with Gasteiger partial charge in [0.25, 0.3) is 0 Å². The summed E-state index contributed by atoms with van der Waals surface area (Å²) in [5.41, 5.74) is 3.49. The fourth-order valence-corrected chi connectivity index (χ4v) is 2.55. The molecule has 0 bridgehead atoms. The van der Waals surface area contributed by atoms with Crippen LogP contribution in [0.1, 0.15) is 17.2 Å². The predicted molar refractivity (Wildman–Crippen MR) is 79.3 cm³/mol. The van der Waals surface area contributed by atoms with Crippen molar-refractivity contribution in [3.8, 4) is 0 Å². The van der Waals surface area contributed by atoms with E-state index < -0.39 is 11.9 Å². The average Bonchev–Trinajstić information content (AvgIpc) is 2.43. The zero-order valence-electron chi connectivity index (χ0n) is 10.3. The molecular formula is C14H12BrClF2N2. The Balaban J connectivity index is 2.34. The zero-order chi connectivity index (χ0) is 14.7. The lowest BCUT2D eigenvalue weighted by Crippen LogP contribution is -2.30. The Hall–Kier alpha value is -1.01. The summed E-state index contributed by atoms with van der Waals surface area (Å²) in [5, 5.41) is 0.0307. The van der Waals surface area contributed by atoms with Gasteiger partial charge in [-0.05, 0) is 36.2 Å². The molecule has 20 heavy (non-hydrogen) atoms. The van der Waals surface area contributed by atoms with E-state index in [0.717, 1.165) is 4.47 Å². The number of rotatable bonds is 4. The minimum absolute atomic E-state index is 0.0307. The van der Waals surface area contributed by atoms with Crippen LogP contribution in [-0.2, 0) is 6.42 Å². The van der Waals surface area contributed by atoms with Crippen LogP contribution in [0.3, 0.4) is 0 Å². The smallest absolute Gasteiger partial charge is 0.142 e. The Labute approximate surface area is 129 Å². The molecule has 2 rings (SSSR count). The molecule has 1 unspecified atom stereocenters. The van der Waals surface area contributed by atoms with E-state index in [9.17, 15) is 8.78 Å². The van der Waals surface area contributed by atoms with Crippen molar-refractivity contribution in [2.75, 3.05) is 0 Å². The number of hydrazine groups is 1. The molecule has 2 nitrogen and oxygen atoms in total. The summed E-state index contributed by atoms with van der Waals surface area (Å²) in [4.78, 5) is 0. The molecule has 0 radical (unpaired) electrons. The summed E-state index contributed by atoms with van der Waals surface area (Å²) < 4.78 is 28.0.